The number of sulfonamides is 1. The van der Waals surface area contributed by atoms with E-state index < -0.39 is 10.0 Å². The molecule has 1 saturated heterocycles. The quantitative estimate of drug-likeness (QED) is 0.830. The Morgan fingerprint density at radius 1 is 1.38 bits per heavy atom. The zero-order chi connectivity index (χ0) is 15.3. The number of hydrogen-bond donors (Lipinski definition) is 1. The largest absolute Gasteiger partial charge is 0.495 e. The van der Waals surface area contributed by atoms with E-state index in [-0.39, 0.29) is 11.4 Å². The predicted molar refractivity (Wildman–Crippen MR) is 85.0 cm³/mol. The summed E-state index contributed by atoms with van der Waals surface area (Å²) in [6.45, 7) is 1.28. The number of thioether (sulfide) groups is 1. The maximum Gasteiger partial charge on any atom is 0.246 e. The summed E-state index contributed by atoms with van der Waals surface area (Å²) in [7, 11) is -2.09. The van der Waals surface area contributed by atoms with Gasteiger partial charge < -0.3 is 10.5 Å². The highest BCUT2D eigenvalue weighted by molar-refractivity contribution is 7.99. The van der Waals surface area contributed by atoms with E-state index in [9.17, 15) is 8.42 Å². The van der Waals surface area contributed by atoms with Crippen LogP contribution in [0.4, 0.5) is 0 Å². The van der Waals surface area contributed by atoms with Gasteiger partial charge in [-0.1, -0.05) is 11.8 Å². The predicted octanol–water partition coefficient (Wildman–Crippen LogP) is 0.743. The van der Waals surface area contributed by atoms with Crippen molar-refractivity contribution in [3.05, 3.63) is 23.8 Å². The van der Waals surface area contributed by atoms with Gasteiger partial charge in [0.15, 0.2) is 0 Å². The second-order valence-electron chi connectivity index (χ2n) is 4.39. The Kier molecular flexibility index (Phi) is 5.53. The minimum Gasteiger partial charge on any atom is -0.495 e. The lowest BCUT2D eigenvalue weighted by molar-refractivity contribution is 0.395. The number of methoxy groups -OCH3 is 1. The van der Waals surface area contributed by atoms with Gasteiger partial charge in [-0.2, -0.15) is 16.1 Å². The molecule has 114 valence electrons. The molecular formula is C14H18N2O3S2. The van der Waals surface area contributed by atoms with E-state index in [0.29, 0.717) is 24.4 Å². The molecule has 0 radical (unpaired) electrons. The van der Waals surface area contributed by atoms with E-state index in [0.717, 1.165) is 11.5 Å². The molecule has 1 fully saturated rings. The third kappa shape index (κ3) is 3.71. The number of ether oxygens (including phenoxy) is 1. The Labute approximate surface area is 129 Å². The lowest BCUT2D eigenvalue weighted by Gasteiger charge is -2.26. The van der Waals surface area contributed by atoms with E-state index in [4.69, 9.17) is 10.5 Å². The van der Waals surface area contributed by atoms with Gasteiger partial charge >= 0.3 is 0 Å². The maximum atomic E-state index is 12.8. The topological polar surface area (TPSA) is 72.6 Å². The van der Waals surface area contributed by atoms with Crippen molar-refractivity contribution in [3.63, 3.8) is 0 Å². The highest BCUT2D eigenvalue weighted by Gasteiger charge is 2.29. The molecule has 21 heavy (non-hydrogen) atoms. The third-order valence-corrected chi connectivity index (χ3v) is 5.95. The molecule has 1 aliphatic heterocycles. The van der Waals surface area contributed by atoms with Crippen LogP contribution in [0.3, 0.4) is 0 Å². The van der Waals surface area contributed by atoms with Crippen LogP contribution in [-0.2, 0) is 10.0 Å². The van der Waals surface area contributed by atoms with Crippen LogP contribution in [0.1, 0.15) is 5.56 Å². The molecule has 0 unspecified atom stereocenters. The molecule has 0 amide bonds. The lowest BCUT2D eigenvalue weighted by Crippen LogP contribution is -2.38. The summed E-state index contributed by atoms with van der Waals surface area (Å²) in [6, 6.07) is 4.91. The van der Waals surface area contributed by atoms with Crippen molar-refractivity contribution >= 4 is 21.8 Å². The van der Waals surface area contributed by atoms with Crippen LogP contribution in [0.25, 0.3) is 0 Å². The summed E-state index contributed by atoms with van der Waals surface area (Å²) in [5.41, 5.74) is 5.96. The van der Waals surface area contributed by atoms with Gasteiger partial charge in [-0.05, 0) is 18.2 Å². The Hall–Kier alpha value is -1.20. The van der Waals surface area contributed by atoms with E-state index >= 15 is 0 Å². The summed E-state index contributed by atoms with van der Waals surface area (Å²) in [6.07, 6.45) is 0. The number of benzene rings is 1. The fourth-order valence-corrected chi connectivity index (χ4v) is 4.79. The molecule has 0 atom stereocenters. The van der Waals surface area contributed by atoms with E-state index in [2.05, 4.69) is 11.8 Å². The van der Waals surface area contributed by atoms with Crippen LogP contribution in [0.15, 0.2) is 23.1 Å². The van der Waals surface area contributed by atoms with Crippen molar-refractivity contribution in [2.24, 2.45) is 5.73 Å². The first-order chi connectivity index (χ1) is 10.1. The summed E-state index contributed by atoms with van der Waals surface area (Å²) in [5, 5.41) is 0. The molecule has 0 spiro atoms. The standard InChI is InChI=1S/C14H18N2O3S2/c1-19-13-5-4-12(3-2-6-15)11-14(13)21(17,18)16-7-9-20-10-8-16/h4-5,11H,6-10,15H2,1H3. The van der Waals surface area contributed by atoms with Crippen LogP contribution in [0, 0.1) is 11.8 Å². The van der Waals surface area contributed by atoms with E-state index in [1.165, 1.54) is 11.4 Å². The zero-order valence-electron chi connectivity index (χ0n) is 11.8. The number of rotatable bonds is 3. The average Bonchev–Trinajstić information content (AvgIpc) is 2.53. The SMILES string of the molecule is COc1ccc(C#CCN)cc1S(=O)(=O)N1CCSCC1. The highest BCUT2D eigenvalue weighted by atomic mass is 32.2. The van der Waals surface area contributed by atoms with Gasteiger partial charge in [-0.25, -0.2) is 8.42 Å². The minimum atomic E-state index is -3.56. The molecule has 5 nitrogen and oxygen atoms in total. The first-order valence-corrected chi connectivity index (χ1v) is 9.14. The normalized spacial score (nSPS) is 16.1. The van der Waals surface area contributed by atoms with Crippen LogP contribution < -0.4 is 10.5 Å². The average molecular weight is 326 g/mol. The van der Waals surface area contributed by atoms with Crippen LogP contribution in [0.2, 0.25) is 0 Å². The molecule has 1 aromatic carbocycles. The molecule has 1 aliphatic rings. The lowest BCUT2D eigenvalue weighted by atomic mass is 10.2. The van der Waals surface area contributed by atoms with Crippen molar-refractivity contribution in [2.75, 3.05) is 38.2 Å². The molecule has 7 heteroatoms. The van der Waals surface area contributed by atoms with Crippen LogP contribution >= 0.6 is 11.8 Å². The summed E-state index contributed by atoms with van der Waals surface area (Å²) in [5.74, 6) is 7.55. The molecule has 2 rings (SSSR count). The number of nitrogens with zero attached hydrogens (tertiary/aromatic N) is 1. The highest BCUT2D eigenvalue weighted by Crippen LogP contribution is 2.29. The first kappa shape index (κ1) is 16.2. The third-order valence-electron chi connectivity index (χ3n) is 3.09. The van der Waals surface area contributed by atoms with Gasteiger partial charge in [0.25, 0.3) is 0 Å². The van der Waals surface area contributed by atoms with Gasteiger partial charge in [0.1, 0.15) is 10.6 Å². The molecule has 1 aromatic rings. The van der Waals surface area contributed by atoms with Gasteiger partial charge in [0.05, 0.1) is 13.7 Å². The minimum absolute atomic E-state index is 0.167. The van der Waals surface area contributed by atoms with E-state index in [1.54, 1.807) is 30.0 Å². The van der Waals surface area contributed by atoms with Crippen molar-refractivity contribution in [2.45, 2.75) is 4.90 Å². The molecule has 0 aliphatic carbocycles. The molecule has 1 heterocycles. The van der Waals surface area contributed by atoms with Crippen LogP contribution in [0.5, 0.6) is 5.75 Å². The molecule has 0 bridgehead atoms. The fourth-order valence-electron chi connectivity index (χ4n) is 2.04. The second kappa shape index (κ2) is 7.18. The van der Waals surface area contributed by atoms with Gasteiger partial charge in [-0.3, -0.25) is 0 Å². The summed E-state index contributed by atoms with van der Waals surface area (Å²) in [4.78, 5) is 0.167. The van der Waals surface area contributed by atoms with Crippen molar-refractivity contribution < 1.29 is 13.2 Å². The van der Waals surface area contributed by atoms with Gasteiger partial charge in [-0.15, -0.1) is 0 Å². The van der Waals surface area contributed by atoms with Gasteiger partial charge in [0, 0.05) is 30.2 Å². The van der Waals surface area contributed by atoms with Crippen molar-refractivity contribution in [3.8, 4) is 17.6 Å². The van der Waals surface area contributed by atoms with Crippen molar-refractivity contribution in [1.82, 2.24) is 4.31 Å². The van der Waals surface area contributed by atoms with Gasteiger partial charge in [0.2, 0.25) is 10.0 Å². The second-order valence-corrected chi connectivity index (χ2v) is 7.52. The van der Waals surface area contributed by atoms with E-state index in [1.807, 2.05) is 0 Å². The monoisotopic (exact) mass is 326 g/mol. The van der Waals surface area contributed by atoms with Crippen molar-refractivity contribution in [1.29, 1.82) is 0 Å². The molecular weight excluding hydrogens is 308 g/mol. The number of hydrogen-bond acceptors (Lipinski definition) is 5. The Bertz CT molecular complexity index is 657. The zero-order valence-corrected chi connectivity index (χ0v) is 13.5. The Morgan fingerprint density at radius 2 is 2.10 bits per heavy atom. The fraction of sp³-hybridized carbons (Fsp3) is 0.429. The molecule has 2 N–H and O–H groups in total. The van der Waals surface area contributed by atoms with Crippen LogP contribution in [-0.4, -0.2) is 51.0 Å². The summed E-state index contributed by atoms with van der Waals surface area (Å²) < 4.78 is 32.2. The smallest absolute Gasteiger partial charge is 0.246 e. The molecule has 0 saturated carbocycles. The Balaban J connectivity index is 2.44. The maximum absolute atomic E-state index is 12.8. The summed E-state index contributed by atoms with van der Waals surface area (Å²) >= 11 is 1.76. The molecule has 0 aromatic heterocycles. The Morgan fingerprint density at radius 3 is 2.71 bits per heavy atom. The number of nitrogens with two attached hydrogens (primary N) is 1. The first-order valence-electron chi connectivity index (χ1n) is 6.54.